The van der Waals surface area contributed by atoms with Crippen LogP contribution < -0.4 is 34.0 Å². The monoisotopic (exact) mass is 643 g/mol. The van der Waals surface area contributed by atoms with E-state index in [1.807, 2.05) is 18.2 Å². The molecule has 0 unspecified atom stereocenters. The third-order valence-electron chi connectivity index (χ3n) is 6.95. The topological polar surface area (TPSA) is 91.6 Å². The average Bonchev–Trinajstić information content (AvgIpc) is 3.27. The number of thiazole rings is 1. The molecule has 9 nitrogen and oxygen atoms in total. The first-order valence-electron chi connectivity index (χ1n) is 13.3. The number of fused-ring (bicyclic) bond motifs is 1. The number of ether oxygens (including phenoxy) is 4. The maximum absolute atomic E-state index is 14.1. The van der Waals surface area contributed by atoms with Gasteiger partial charge in [-0.2, -0.15) is 0 Å². The van der Waals surface area contributed by atoms with E-state index in [0.717, 1.165) is 24.3 Å². The van der Waals surface area contributed by atoms with Gasteiger partial charge in [-0.3, -0.25) is 9.36 Å². The zero-order valence-electron chi connectivity index (χ0n) is 24.2. The molecular weight excluding hydrogens is 610 g/mol. The predicted molar refractivity (Wildman–Crippen MR) is 164 cm³/mol. The van der Waals surface area contributed by atoms with E-state index >= 15 is 0 Å². The van der Waals surface area contributed by atoms with Gasteiger partial charge in [0.2, 0.25) is 0 Å². The molecule has 0 radical (unpaired) electrons. The van der Waals surface area contributed by atoms with Crippen molar-refractivity contribution in [1.82, 2.24) is 4.57 Å². The van der Waals surface area contributed by atoms with Crippen LogP contribution in [-0.4, -0.2) is 51.6 Å². The Morgan fingerprint density at radius 2 is 1.71 bits per heavy atom. The zero-order valence-corrected chi connectivity index (χ0v) is 26.6. The van der Waals surface area contributed by atoms with Crippen LogP contribution in [0.4, 0.5) is 5.69 Å². The number of carbonyl (C=O) groups excluding carboxylic acids is 1. The lowest BCUT2D eigenvalue weighted by Gasteiger charge is -2.26. The largest absolute Gasteiger partial charge is 0.496 e. The molecule has 3 aromatic rings. The number of rotatable bonds is 10. The average molecular weight is 645 g/mol. The maximum atomic E-state index is 14.1. The van der Waals surface area contributed by atoms with Gasteiger partial charge in [0.25, 0.3) is 5.56 Å². The van der Waals surface area contributed by atoms with Crippen LogP contribution in [0.3, 0.4) is 0 Å². The molecule has 218 valence electrons. The summed E-state index contributed by atoms with van der Waals surface area (Å²) in [4.78, 5) is 34.7. The van der Waals surface area contributed by atoms with Crippen LogP contribution in [0.1, 0.15) is 44.9 Å². The standard InChI is InChI=1S/C30H34BrN3O6S/c1-8-33(9-2)19-12-11-18(22(14-19)37-5)13-25-28(35)34-27(20-15-23(38-6)24(39-7)16-21(20)31)26(29(36)40-10-3)17(4)32-30(34)41-25/h11-16,27H,8-10H2,1-7H3/b25-13-/t27-/m0/s1. The van der Waals surface area contributed by atoms with E-state index in [1.165, 1.54) is 18.4 Å². The van der Waals surface area contributed by atoms with Gasteiger partial charge < -0.3 is 23.8 Å². The van der Waals surface area contributed by atoms with Crippen molar-refractivity contribution in [2.45, 2.75) is 33.7 Å². The molecule has 2 aromatic carbocycles. The van der Waals surface area contributed by atoms with Crippen molar-refractivity contribution < 1.29 is 23.7 Å². The fourth-order valence-electron chi connectivity index (χ4n) is 4.91. The highest BCUT2D eigenvalue weighted by molar-refractivity contribution is 9.10. The second kappa shape index (κ2) is 12.9. The lowest BCUT2D eigenvalue weighted by Crippen LogP contribution is -2.40. The van der Waals surface area contributed by atoms with Gasteiger partial charge in [0, 0.05) is 34.9 Å². The van der Waals surface area contributed by atoms with E-state index < -0.39 is 12.0 Å². The van der Waals surface area contributed by atoms with Crippen LogP contribution in [-0.2, 0) is 9.53 Å². The summed E-state index contributed by atoms with van der Waals surface area (Å²) in [6.07, 6.45) is 1.80. The van der Waals surface area contributed by atoms with Crippen molar-refractivity contribution in [2.75, 3.05) is 45.9 Å². The van der Waals surface area contributed by atoms with Crippen LogP contribution in [0.15, 0.2) is 55.9 Å². The quantitative estimate of drug-likeness (QED) is 0.302. The molecule has 0 bridgehead atoms. The first-order valence-corrected chi connectivity index (χ1v) is 14.9. The lowest BCUT2D eigenvalue weighted by molar-refractivity contribution is -0.139. The third-order valence-corrected chi connectivity index (χ3v) is 8.62. The van der Waals surface area contributed by atoms with Crippen LogP contribution in [0, 0.1) is 0 Å². The smallest absolute Gasteiger partial charge is 0.338 e. The summed E-state index contributed by atoms with van der Waals surface area (Å²) in [7, 11) is 4.70. The Kier molecular flexibility index (Phi) is 9.60. The van der Waals surface area contributed by atoms with Gasteiger partial charge in [0.15, 0.2) is 16.3 Å². The minimum atomic E-state index is -0.812. The molecule has 0 aliphatic carbocycles. The highest BCUT2D eigenvalue weighted by atomic mass is 79.9. The second-order valence-corrected chi connectivity index (χ2v) is 11.0. The van der Waals surface area contributed by atoms with Gasteiger partial charge in [-0.05, 0) is 63.6 Å². The molecule has 0 amide bonds. The molecule has 1 atom stereocenters. The van der Waals surface area contributed by atoms with Crippen molar-refractivity contribution >= 4 is 45.0 Å². The Morgan fingerprint density at radius 1 is 1.05 bits per heavy atom. The van der Waals surface area contributed by atoms with E-state index in [2.05, 4.69) is 39.7 Å². The van der Waals surface area contributed by atoms with Gasteiger partial charge >= 0.3 is 5.97 Å². The molecule has 0 fully saturated rings. The summed E-state index contributed by atoms with van der Waals surface area (Å²) in [5.74, 6) is 1.09. The van der Waals surface area contributed by atoms with Crippen molar-refractivity contribution in [3.63, 3.8) is 0 Å². The molecule has 1 aliphatic heterocycles. The number of aromatic nitrogens is 1. The van der Waals surface area contributed by atoms with Crippen molar-refractivity contribution in [2.24, 2.45) is 4.99 Å². The number of esters is 1. The van der Waals surface area contributed by atoms with Crippen molar-refractivity contribution in [1.29, 1.82) is 0 Å². The summed E-state index contributed by atoms with van der Waals surface area (Å²) in [5.41, 5.74) is 2.90. The van der Waals surface area contributed by atoms with E-state index in [9.17, 15) is 9.59 Å². The molecule has 1 aliphatic rings. The SMILES string of the molecule is CCOC(=O)C1=C(C)N=c2s/c(=C\c3ccc(N(CC)CC)cc3OC)c(=O)n2[C@H]1c1cc(OC)c(OC)cc1Br. The third kappa shape index (κ3) is 5.78. The van der Waals surface area contributed by atoms with Gasteiger partial charge in [0.1, 0.15) is 5.75 Å². The maximum Gasteiger partial charge on any atom is 0.338 e. The highest BCUT2D eigenvalue weighted by Gasteiger charge is 2.35. The fraction of sp³-hybridized carbons (Fsp3) is 0.367. The minimum absolute atomic E-state index is 0.184. The number of hydrogen-bond donors (Lipinski definition) is 0. The molecule has 11 heteroatoms. The number of carbonyl (C=O) groups is 1. The number of benzene rings is 2. The van der Waals surface area contributed by atoms with E-state index in [0.29, 0.717) is 42.3 Å². The Labute approximate surface area is 251 Å². The first kappa shape index (κ1) is 30.4. The summed E-state index contributed by atoms with van der Waals surface area (Å²) < 4.78 is 24.8. The Morgan fingerprint density at radius 3 is 2.32 bits per heavy atom. The normalized spacial score (nSPS) is 14.8. The molecule has 0 saturated heterocycles. The zero-order chi connectivity index (χ0) is 29.8. The molecule has 2 heterocycles. The number of hydrogen-bond acceptors (Lipinski definition) is 9. The molecule has 0 spiro atoms. The molecule has 0 N–H and O–H groups in total. The number of allylic oxidation sites excluding steroid dienone is 1. The summed E-state index contributed by atoms with van der Waals surface area (Å²) >= 11 is 4.88. The molecular formula is C30H34BrN3O6S. The molecule has 4 rings (SSSR count). The number of nitrogens with zero attached hydrogens (tertiary/aromatic N) is 3. The molecule has 1 aromatic heterocycles. The fourth-order valence-corrected chi connectivity index (χ4v) is 6.49. The Bertz CT molecular complexity index is 1670. The van der Waals surface area contributed by atoms with Crippen LogP contribution in [0.5, 0.6) is 17.2 Å². The minimum Gasteiger partial charge on any atom is -0.496 e. The predicted octanol–water partition coefficient (Wildman–Crippen LogP) is 4.43. The Balaban J connectivity index is 1.97. The van der Waals surface area contributed by atoms with Crippen molar-refractivity contribution in [3.8, 4) is 17.2 Å². The number of anilines is 1. The van der Waals surface area contributed by atoms with E-state index in [-0.39, 0.29) is 17.7 Å². The number of methoxy groups -OCH3 is 3. The van der Waals surface area contributed by atoms with Gasteiger partial charge in [-0.1, -0.05) is 27.3 Å². The number of halogens is 1. The van der Waals surface area contributed by atoms with Gasteiger partial charge in [0.05, 0.1) is 49.8 Å². The van der Waals surface area contributed by atoms with Crippen LogP contribution in [0.25, 0.3) is 6.08 Å². The van der Waals surface area contributed by atoms with Crippen molar-refractivity contribution in [3.05, 3.63) is 76.9 Å². The molecule has 0 saturated carbocycles. The first-order chi connectivity index (χ1) is 19.7. The Hall–Kier alpha value is -3.57. The van der Waals surface area contributed by atoms with E-state index in [4.69, 9.17) is 18.9 Å². The summed E-state index contributed by atoms with van der Waals surface area (Å²) in [6.45, 7) is 9.61. The van der Waals surface area contributed by atoms with Gasteiger partial charge in [-0.25, -0.2) is 9.79 Å². The highest BCUT2D eigenvalue weighted by Crippen LogP contribution is 2.40. The summed E-state index contributed by atoms with van der Waals surface area (Å²) in [6, 6.07) is 8.64. The van der Waals surface area contributed by atoms with Gasteiger partial charge in [-0.15, -0.1) is 0 Å². The van der Waals surface area contributed by atoms with E-state index in [1.54, 1.807) is 50.8 Å². The second-order valence-electron chi connectivity index (χ2n) is 9.13. The van der Waals surface area contributed by atoms with Crippen LogP contribution >= 0.6 is 27.3 Å². The lowest BCUT2D eigenvalue weighted by atomic mass is 9.95. The summed E-state index contributed by atoms with van der Waals surface area (Å²) in [5, 5.41) is 0. The van der Waals surface area contributed by atoms with Crippen LogP contribution in [0.2, 0.25) is 0 Å². The molecule has 41 heavy (non-hydrogen) atoms.